The number of carbonyl (C=O) groups excluding carboxylic acids is 2. The van der Waals surface area contributed by atoms with E-state index in [1.165, 1.54) is 17.4 Å². The molecule has 31 heavy (non-hydrogen) atoms. The highest BCUT2D eigenvalue weighted by Crippen LogP contribution is 2.37. The summed E-state index contributed by atoms with van der Waals surface area (Å²) >= 11 is 1.22. The molecule has 2 aromatic carbocycles. The van der Waals surface area contributed by atoms with Crippen LogP contribution in [0.5, 0.6) is 0 Å². The second kappa shape index (κ2) is 9.53. The molecule has 160 valence electrons. The monoisotopic (exact) mass is 438 g/mol. The number of aryl methyl sites for hydroxylation is 2. The minimum absolute atomic E-state index is 0.120. The van der Waals surface area contributed by atoms with Gasteiger partial charge in [0, 0.05) is 22.6 Å². The molecule has 0 saturated carbocycles. The van der Waals surface area contributed by atoms with Crippen LogP contribution < -0.4 is 5.32 Å². The first-order chi connectivity index (χ1) is 14.8. The van der Waals surface area contributed by atoms with E-state index in [0.29, 0.717) is 16.1 Å². The number of esters is 1. The molecule has 1 amide bonds. The summed E-state index contributed by atoms with van der Waals surface area (Å²) in [5.41, 5.74) is 4.20. The molecule has 0 fully saturated rings. The Balaban J connectivity index is 1.93. The zero-order chi connectivity index (χ0) is 22.5. The van der Waals surface area contributed by atoms with Crippen molar-refractivity contribution < 1.29 is 19.2 Å². The number of nitro groups is 1. The number of nitro benzene ring substituents is 1. The number of amides is 1. The molecule has 0 aliphatic heterocycles. The van der Waals surface area contributed by atoms with E-state index in [2.05, 4.69) is 5.32 Å². The Morgan fingerprint density at radius 1 is 1.13 bits per heavy atom. The van der Waals surface area contributed by atoms with Gasteiger partial charge in [0.05, 0.1) is 18.0 Å². The van der Waals surface area contributed by atoms with Crippen LogP contribution in [-0.4, -0.2) is 23.4 Å². The van der Waals surface area contributed by atoms with E-state index in [-0.39, 0.29) is 24.3 Å². The van der Waals surface area contributed by atoms with Crippen LogP contribution in [0.2, 0.25) is 0 Å². The van der Waals surface area contributed by atoms with Crippen LogP contribution in [0.3, 0.4) is 0 Å². The molecule has 3 aromatic rings. The molecule has 8 heteroatoms. The Bertz CT molecular complexity index is 1150. The van der Waals surface area contributed by atoms with E-state index < -0.39 is 16.8 Å². The molecule has 0 radical (unpaired) electrons. The second-order valence-electron chi connectivity index (χ2n) is 6.98. The molecule has 0 unspecified atom stereocenters. The molecule has 1 aromatic heterocycles. The molecule has 1 heterocycles. The molecule has 1 N–H and O–H groups in total. The number of anilines is 1. The highest BCUT2D eigenvalue weighted by atomic mass is 32.1. The van der Waals surface area contributed by atoms with Gasteiger partial charge in [0.2, 0.25) is 5.91 Å². The van der Waals surface area contributed by atoms with Gasteiger partial charge >= 0.3 is 5.97 Å². The van der Waals surface area contributed by atoms with Gasteiger partial charge in [0.25, 0.3) is 5.69 Å². The minimum Gasteiger partial charge on any atom is -0.462 e. The van der Waals surface area contributed by atoms with Gasteiger partial charge in [-0.15, -0.1) is 11.3 Å². The molecule has 0 bridgehead atoms. The van der Waals surface area contributed by atoms with Crippen LogP contribution in [0.1, 0.15) is 34.0 Å². The third kappa shape index (κ3) is 4.97. The van der Waals surface area contributed by atoms with E-state index >= 15 is 0 Å². The Morgan fingerprint density at radius 2 is 1.87 bits per heavy atom. The number of ether oxygens (including phenoxy) is 1. The lowest BCUT2D eigenvalue weighted by atomic mass is 9.99. The molecule has 0 aliphatic rings. The van der Waals surface area contributed by atoms with Crippen molar-refractivity contribution in [2.24, 2.45) is 0 Å². The van der Waals surface area contributed by atoms with E-state index in [9.17, 15) is 19.7 Å². The first kappa shape index (κ1) is 22.2. The fourth-order valence-corrected chi connectivity index (χ4v) is 4.13. The van der Waals surface area contributed by atoms with Crippen LogP contribution in [0.25, 0.3) is 11.1 Å². The molecule has 0 aliphatic carbocycles. The number of rotatable bonds is 7. The maximum Gasteiger partial charge on any atom is 0.341 e. The molecule has 7 nitrogen and oxygen atoms in total. The summed E-state index contributed by atoms with van der Waals surface area (Å²) in [6.45, 7) is 5.91. The standard InChI is InChI=1S/C23H22N2O5S/c1-4-30-23(27)21-18(16-10-9-14(2)15(3)11-16)13-31-22(21)24-20(26)12-17-7-5-6-8-19(17)25(28)29/h5-11,13H,4,12H2,1-3H3,(H,24,26). The van der Waals surface area contributed by atoms with E-state index in [1.54, 1.807) is 30.5 Å². The smallest absolute Gasteiger partial charge is 0.341 e. The highest BCUT2D eigenvalue weighted by Gasteiger charge is 2.24. The number of nitrogens with one attached hydrogen (secondary N) is 1. The predicted octanol–water partition coefficient (Wildman–Crippen LogP) is 5.30. The number of carbonyl (C=O) groups is 2. The summed E-state index contributed by atoms with van der Waals surface area (Å²) in [6.07, 6.45) is -0.184. The van der Waals surface area contributed by atoms with Crippen molar-refractivity contribution >= 4 is 33.9 Å². The first-order valence-corrected chi connectivity index (χ1v) is 10.6. The lowest BCUT2D eigenvalue weighted by molar-refractivity contribution is -0.385. The van der Waals surface area contributed by atoms with Crippen molar-refractivity contribution in [3.63, 3.8) is 0 Å². The predicted molar refractivity (Wildman–Crippen MR) is 121 cm³/mol. The van der Waals surface area contributed by atoms with Gasteiger partial charge in [-0.1, -0.05) is 36.4 Å². The van der Waals surface area contributed by atoms with Crippen LogP contribution >= 0.6 is 11.3 Å². The molecule has 0 atom stereocenters. The quantitative estimate of drug-likeness (QED) is 0.307. The van der Waals surface area contributed by atoms with Crippen molar-refractivity contribution in [1.29, 1.82) is 0 Å². The van der Waals surface area contributed by atoms with Crippen molar-refractivity contribution in [2.45, 2.75) is 27.2 Å². The van der Waals surface area contributed by atoms with Crippen molar-refractivity contribution in [1.82, 2.24) is 0 Å². The number of thiophene rings is 1. The Labute approximate surface area is 183 Å². The van der Waals surface area contributed by atoms with Crippen LogP contribution in [0.15, 0.2) is 47.8 Å². The van der Waals surface area contributed by atoms with Gasteiger partial charge in [-0.05, 0) is 37.5 Å². The largest absolute Gasteiger partial charge is 0.462 e. The van der Waals surface area contributed by atoms with Crippen LogP contribution in [-0.2, 0) is 16.0 Å². The molecular weight excluding hydrogens is 416 g/mol. The second-order valence-corrected chi connectivity index (χ2v) is 7.86. The molecule has 3 rings (SSSR count). The SMILES string of the molecule is CCOC(=O)c1c(-c2ccc(C)c(C)c2)csc1NC(=O)Cc1ccccc1[N+](=O)[O-]. The van der Waals surface area contributed by atoms with Gasteiger partial charge in [-0.25, -0.2) is 4.79 Å². The van der Waals surface area contributed by atoms with Crippen molar-refractivity contribution in [3.8, 4) is 11.1 Å². The normalized spacial score (nSPS) is 10.5. The van der Waals surface area contributed by atoms with E-state index in [1.807, 2.05) is 32.0 Å². The highest BCUT2D eigenvalue weighted by molar-refractivity contribution is 7.15. The average Bonchev–Trinajstić information content (AvgIpc) is 3.14. The number of hydrogen-bond donors (Lipinski definition) is 1. The van der Waals surface area contributed by atoms with Gasteiger partial charge in [-0.3, -0.25) is 14.9 Å². The molecule has 0 saturated heterocycles. The van der Waals surface area contributed by atoms with Crippen LogP contribution in [0, 0.1) is 24.0 Å². The molecule has 0 spiro atoms. The summed E-state index contributed by atoms with van der Waals surface area (Å²) in [4.78, 5) is 36.0. The zero-order valence-corrected chi connectivity index (χ0v) is 18.2. The van der Waals surface area contributed by atoms with E-state index in [4.69, 9.17) is 4.74 Å². The Kier molecular flexibility index (Phi) is 6.81. The lowest BCUT2D eigenvalue weighted by Crippen LogP contribution is -2.17. The topological polar surface area (TPSA) is 98.5 Å². The summed E-state index contributed by atoms with van der Waals surface area (Å²) in [6, 6.07) is 12.0. The number of hydrogen-bond acceptors (Lipinski definition) is 6. The van der Waals surface area contributed by atoms with E-state index in [0.717, 1.165) is 16.7 Å². The number of nitrogens with zero attached hydrogens (tertiary/aromatic N) is 1. The fraction of sp³-hybridized carbons (Fsp3) is 0.217. The van der Waals surface area contributed by atoms with Gasteiger partial charge in [-0.2, -0.15) is 0 Å². The zero-order valence-electron chi connectivity index (χ0n) is 17.4. The van der Waals surface area contributed by atoms with Gasteiger partial charge in [0.1, 0.15) is 10.6 Å². The maximum atomic E-state index is 12.7. The summed E-state index contributed by atoms with van der Waals surface area (Å²) in [7, 11) is 0. The lowest BCUT2D eigenvalue weighted by Gasteiger charge is -2.10. The summed E-state index contributed by atoms with van der Waals surface area (Å²) < 4.78 is 5.22. The first-order valence-electron chi connectivity index (χ1n) is 9.70. The van der Waals surface area contributed by atoms with Crippen molar-refractivity contribution in [2.75, 3.05) is 11.9 Å². The maximum absolute atomic E-state index is 12.7. The third-order valence-electron chi connectivity index (χ3n) is 4.88. The Morgan fingerprint density at radius 3 is 2.55 bits per heavy atom. The number of para-hydroxylation sites is 1. The van der Waals surface area contributed by atoms with Gasteiger partial charge in [0.15, 0.2) is 0 Å². The minimum atomic E-state index is -0.530. The fourth-order valence-electron chi connectivity index (χ4n) is 3.16. The Hall–Kier alpha value is -3.52. The van der Waals surface area contributed by atoms with Crippen molar-refractivity contribution in [3.05, 3.63) is 80.2 Å². The summed E-state index contributed by atoms with van der Waals surface area (Å²) in [5, 5.41) is 16.1. The third-order valence-corrected chi connectivity index (χ3v) is 5.78. The molecular formula is C23H22N2O5S. The van der Waals surface area contributed by atoms with Gasteiger partial charge < -0.3 is 10.1 Å². The summed E-state index contributed by atoms with van der Waals surface area (Å²) in [5.74, 6) is -0.980. The number of benzene rings is 2. The average molecular weight is 439 g/mol. The van der Waals surface area contributed by atoms with Crippen LogP contribution in [0.4, 0.5) is 10.7 Å².